The van der Waals surface area contributed by atoms with E-state index in [9.17, 15) is 26.3 Å². The van der Waals surface area contributed by atoms with Crippen molar-refractivity contribution in [3.05, 3.63) is 71.6 Å². The van der Waals surface area contributed by atoms with E-state index in [1.54, 1.807) is 24.3 Å². The van der Waals surface area contributed by atoms with Gasteiger partial charge in [-0.15, -0.1) is 0 Å². The zero-order valence-corrected chi connectivity index (χ0v) is 18.0. The van der Waals surface area contributed by atoms with Gasteiger partial charge in [-0.05, 0) is 68.5 Å². The van der Waals surface area contributed by atoms with E-state index in [4.69, 9.17) is 4.74 Å². The highest BCUT2D eigenvalue weighted by Crippen LogP contribution is 2.42. The van der Waals surface area contributed by atoms with Crippen molar-refractivity contribution < 1.29 is 31.1 Å². The van der Waals surface area contributed by atoms with Gasteiger partial charge in [-0.2, -0.15) is 26.3 Å². The monoisotopic (exact) mass is 458 g/mol. The number of hydrogen-bond acceptors (Lipinski definition) is 2. The highest BCUT2D eigenvalue weighted by Gasteiger charge is 2.41. The number of alkyl halides is 6. The molecule has 175 valence electrons. The van der Waals surface area contributed by atoms with Crippen molar-refractivity contribution in [3.63, 3.8) is 0 Å². The second kappa shape index (κ2) is 8.96. The van der Waals surface area contributed by atoms with Crippen LogP contribution in [0.1, 0.15) is 42.0 Å². The predicted octanol–water partition coefficient (Wildman–Crippen LogP) is 6.74. The summed E-state index contributed by atoms with van der Waals surface area (Å²) in [4.78, 5) is 2.05. The number of ether oxygens (including phenoxy) is 1. The first kappa shape index (κ1) is 24.4. The third kappa shape index (κ3) is 5.22. The van der Waals surface area contributed by atoms with Crippen molar-refractivity contribution in [2.75, 3.05) is 20.2 Å². The summed E-state index contributed by atoms with van der Waals surface area (Å²) in [6.07, 6.45) is -8.06. The fourth-order valence-corrected chi connectivity index (χ4v) is 4.44. The molecule has 0 bridgehead atoms. The number of methoxy groups -OCH3 is 1. The lowest BCUT2D eigenvalue weighted by atomic mass is 9.80. The molecule has 2 nitrogen and oxygen atoms in total. The first-order chi connectivity index (χ1) is 14.8. The third-order valence-electron chi connectivity index (χ3n) is 6.01. The van der Waals surface area contributed by atoms with Gasteiger partial charge in [0, 0.05) is 12.1 Å². The Morgan fingerprint density at radius 1 is 1.00 bits per heavy atom. The molecule has 2 aromatic rings. The zero-order chi connectivity index (χ0) is 23.7. The summed E-state index contributed by atoms with van der Waals surface area (Å²) in [7, 11) is 1.48. The summed E-state index contributed by atoms with van der Waals surface area (Å²) >= 11 is 0. The maximum absolute atomic E-state index is 13.4. The first-order valence-electron chi connectivity index (χ1n) is 10.4. The van der Waals surface area contributed by atoms with Crippen LogP contribution in [0.2, 0.25) is 0 Å². The number of benzene rings is 2. The maximum Gasteiger partial charge on any atom is 0.416 e. The molecule has 0 N–H and O–H groups in total. The Morgan fingerprint density at radius 3 is 2.12 bits per heavy atom. The van der Waals surface area contributed by atoms with Gasteiger partial charge in [0.2, 0.25) is 0 Å². The molecule has 2 atom stereocenters. The number of rotatable bonds is 5. The van der Waals surface area contributed by atoms with Gasteiger partial charge in [0.1, 0.15) is 5.75 Å². The molecule has 2 aromatic carbocycles. The quantitative estimate of drug-likeness (QED) is 0.461. The lowest BCUT2D eigenvalue weighted by Crippen LogP contribution is -2.50. The lowest BCUT2D eigenvalue weighted by molar-refractivity contribution is -0.143. The summed E-state index contributed by atoms with van der Waals surface area (Å²) in [6.45, 7) is 7.71. The van der Waals surface area contributed by atoms with Crippen LogP contribution >= 0.6 is 0 Å². The van der Waals surface area contributed by atoms with Crippen molar-refractivity contribution in [3.8, 4) is 5.75 Å². The van der Waals surface area contributed by atoms with Crippen molar-refractivity contribution >= 4 is 0 Å². The topological polar surface area (TPSA) is 12.5 Å². The fraction of sp³-hybridized carbons (Fsp3) is 0.458. The van der Waals surface area contributed by atoms with Gasteiger partial charge >= 0.3 is 12.4 Å². The van der Waals surface area contributed by atoms with Gasteiger partial charge in [0.05, 0.1) is 23.8 Å². The molecule has 1 saturated heterocycles. The Morgan fingerprint density at radius 2 is 1.59 bits per heavy atom. The van der Waals surface area contributed by atoms with Crippen LogP contribution in [-0.2, 0) is 24.3 Å². The van der Waals surface area contributed by atoms with Gasteiger partial charge in [0.15, 0.2) is 0 Å². The maximum atomic E-state index is 13.4. The van der Waals surface area contributed by atoms with Crippen molar-refractivity contribution in [2.45, 2.75) is 44.1 Å². The smallest absolute Gasteiger partial charge is 0.416 e. The van der Waals surface area contributed by atoms with Gasteiger partial charge in [-0.3, -0.25) is 4.90 Å². The number of piperidine rings is 1. The van der Waals surface area contributed by atoms with Crippen LogP contribution in [0.4, 0.5) is 26.3 Å². The van der Waals surface area contributed by atoms with Gasteiger partial charge < -0.3 is 4.74 Å². The molecule has 1 radical (unpaired) electrons. The van der Waals surface area contributed by atoms with Crippen LogP contribution in [0, 0.1) is 12.8 Å². The van der Waals surface area contributed by atoms with Crippen LogP contribution < -0.4 is 4.74 Å². The highest BCUT2D eigenvalue weighted by molar-refractivity contribution is 5.43. The summed E-state index contributed by atoms with van der Waals surface area (Å²) in [6, 6.07) is 8.74. The van der Waals surface area contributed by atoms with Crippen LogP contribution in [0.5, 0.6) is 5.75 Å². The van der Waals surface area contributed by atoms with E-state index < -0.39 is 29.0 Å². The van der Waals surface area contributed by atoms with E-state index in [2.05, 4.69) is 13.8 Å². The first-order valence-corrected chi connectivity index (χ1v) is 10.4. The Hall–Kier alpha value is -2.22. The Labute approximate surface area is 184 Å². The van der Waals surface area contributed by atoms with E-state index in [0.717, 1.165) is 25.0 Å². The summed E-state index contributed by atoms with van der Waals surface area (Å²) in [5.74, 6) is 0.815. The molecule has 8 heteroatoms. The Balaban J connectivity index is 2.15. The number of para-hydroxylation sites is 1. The van der Waals surface area contributed by atoms with Crippen LogP contribution in [0.25, 0.3) is 0 Å². The summed E-state index contributed by atoms with van der Waals surface area (Å²) < 4.78 is 85.9. The van der Waals surface area contributed by atoms with E-state index in [-0.39, 0.29) is 18.1 Å². The molecule has 1 aliphatic heterocycles. The molecule has 32 heavy (non-hydrogen) atoms. The van der Waals surface area contributed by atoms with Gasteiger partial charge in [-0.25, -0.2) is 0 Å². The van der Waals surface area contributed by atoms with Crippen LogP contribution in [0.15, 0.2) is 42.5 Å². The van der Waals surface area contributed by atoms with E-state index in [0.29, 0.717) is 30.3 Å². The molecule has 0 amide bonds. The molecule has 1 aliphatic rings. The van der Waals surface area contributed by atoms with Crippen molar-refractivity contribution in [2.24, 2.45) is 5.92 Å². The molecule has 0 spiro atoms. The normalized spacial score (nSPS) is 20.1. The Kier molecular flexibility index (Phi) is 6.84. The number of halogens is 6. The van der Waals surface area contributed by atoms with E-state index in [1.807, 2.05) is 4.90 Å². The molecule has 0 aliphatic carbocycles. The molecular formula is C24H26F6NO. The van der Waals surface area contributed by atoms with Crippen LogP contribution in [-0.4, -0.2) is 25.1 Å². The fourth-order valence-electron chi connectivity index (χ4n) is 4.44. The lowest BCUT2D eigenvalue weighted by Gasteiger charge is -2.46. The minimum atomic E-state index is -4.90. The molecule has 3 rings (SSSR count). The average Bonchev–Trinajstić information content (AvgIpc) is 2.72. The SMILES string of the molecule is [CH2]C(Cc1cc(C(F)(F)F)cc(C(F)(F)F)c1)(c1ccccc1OC)N1CCCC(C)C1. The minimum absolute atomic E-state index is 0.0775. The van der Waals surface area contributed by atoms with E-state index >= 15 is 0 Å². The number of nitrogens with zero attached hydrogens (tertiary/aromatic N) is 1. The number of hydrogen-bond donors (Lipinski definition) is 0. The molecule has 1 fully saturated rings. The second-order valence-corrected chi connectivity index (χ2v) is 8.52. The van der Waals surface area contributed by atoms with Gasteiger partial charge in [-0.1, -0.05) is 25.1 Å². The minimum Gasteiger partial charge on any atom is -0.496 e. The molecule has 0 aromatic heterocycles. The van der Waals surface area contributed by atoms with Crippen LogP contribution in [0.3, 0.4) is 0 Å². The molecular weight excluding hydrogens is 432 g/mol. The Bertz CT molecular complexity index is 907. The van der Waals surface area contributed by atoms with E-state index in [1.165, 1.54) is 7.11 Å². The van der Waals surface area contributed by atoms with Crippen molar-refractivity contribution in [1.82, 2.24) is 4.90 Å². The average molecular weight is 458 g/mol. The number of likely N-dealkylation sites (tertiary alicyclic amines) is 1. The predicted molar refractivity (Wildman–Crippen MR) is 110 cm³/mol. The molecule has 0 saturated carbocycles. The van der Waals surface area contributed by atoms with Crippen molar-refractivity contribution in [1.29, 1.82) is 0 Å². The standard InChI is InChI=1S/C24H26F6NO/c1-16-7-6-10-31(15-16)22(2,20-8-4-5-9-21(20)32-3)14-17-11-18(23(25,26)27)13-19(12-17)24(28,29)30/h4-5,8-9,11-13,16H,2,6-7,10,14-15H2,1,3H3. The summed E-state index contributed by atoms with van der Waals surface area (Å²) in [5, 5.41) is 0. The largest absolute Gasteiger partial charge is 0.496 e. The third-order valence-corrected chi connectivity index (χ3v) is 6.01. The van der Waals surface area contributed by atoms with Gasteiger partial charge in [0.25, 0.3) is 0 Å². The molecule has 1 heterocycles. The zero-order valence-electron chi connectivity index (χ0n) is 18.0. The second-order valence-electron chi connectivity index (χ2n) is 8.52. The summed E-state index contributed by atoms with van der Waals surface area (Å²) in [5.41, 5.74) is -3.20. The highest BCUT2D eigenvalue weighted by atomic mass is 19.4. The molecule has 2 unspecified atom stereocenters.